The van der Waals surface area contributed by atoms with E-state index in [1.165, 1.54) is 0 Å². The van der Waals surface area contributed by atoms with Crippen LogP contribution in [0.5, 0.6) is 0 Å². The number of halogens is 1. The third-order valence-electron chi connectivity index (χ3n) is 1.92. The second kappa shape index (κ2) is 4.18. The molecule has 88 valence electrons. The number of carbonyl (C=O) groups is 1. The van der Waals surface area contributed by atoms with Crippen LogP contribution in [-0.2, 0) is 14.6 Å². The molecule has 5 nitrogen and oxygen atoms in total. The fraction of sp³-hybridized carbons (Fsp3) is 0.222. The fourth-order valence-corrected chi connectivity index (χ4v) is 2.16. The molecule has 0 saturated carbocycles. The van der Waals surface area contributed by atoms with Crippen LogP contribution < -0.4 is 0 Å². The topological polar surface area (TPSA) is 91.7 Å². The van der Waals surface area contributed by atoms with Gasteiger partial charge in [-0.3, -0.25) is 0 Å². The number of carboxylic acid groups (broad SMARTS) is 1. The van der Waals surface area contributed by atoms with Crippen LogP contribution in [0.15, 0.2) is 23.1 Å². The number of rotatable bonds is 3. The van der Waals surface area contributed by atoms with Gasteiger partial charge in [0.2, 0.25) is 0 Å². The molecule has 0 bridgehead atoms. The lowest BCUT2D eigenvalue weighted by Gasteiger charge is -2.11. The van der Waals surface area contributed by atoms with Gasteiger partial charge in [0.1, 0.15) is 5.82 Å². The lowest BCUT2D eigenvalue weighted by Crippen LogP contribution is -2.16. The summed E-state index contributed by atoms with van der Waals surface area (Å²) in [7, 11) is -3.80. The molecule has 1 atom stereocenters. The van der Waals surface area contributed by atoms with E-state index in [0.29, 0.717) is 0 Å². The average Bonchev–Trinajstić information content (AvgIpc) is 2.14. The molecule has 0 saturated heterocycles. The quantitative estimate of drug-likeness (QED) is 0.805. The lowest BCUT2D eigenvalue weighted by molar-refractivity contribution is -0.147. The van der Waals surface area contributed by atoms with Crippen molar-refractivity contribution in [1.82, 2.24) is 0 Å². The molecule has 0 radical (unpaired) electrons. The molecule has 0 fully saturated rings. The number of carboxylic acids is 1. The lowest BCUT2D eigenvalue weighted by atomic mass is 10.1. The van der Waals surface area contributed by atoms with Crippen molar-refractivity contribution in [3.05, 3.63) is 29.6 Å². The third kappa shape index (κ3) is 2.37. The highest BCUT2D eigenvalue weighted by Gasteiger charge is 2.27. The van der Waals surface area contributed by atoms with Crippen LogP contribution in [0.2, 0.25) is 0 Å². The minimum Gasteiger partial charge on any atom is -0.479 e. The van der Waals surface area contributed by atoms with Gasteiger partial charge in [0, 0.05) is 11.8 Å². The molecule has 1 aromatic carbocycles. The highest BCUT2D eigenvalue weighted by molar-refractivity contribution is 7.90. The van der Waals surface area contributed by atoms with Crippen LogP contribution in [-0.4, -0.2) is 30.9 Å². The van der Waals surface area contributed by atoms with Crippen molar-refractivity contribution < 1.29 is 27.8 Å². The van der Waals surface area contributed by atoms with Crippen molar-refractivity contribution in [2.45, 2.75) is 11.0 Å². The molecule has 0 aliphatic heterocycles. The van der Waals surface area contributed by atoms with Gasteiger partial charge in [0.05, 0.1) is 4.90 Å². The van der Waals surface area contributed by atoms with Gasteiger partial charge in [0.25, 0.3) is 0 Å². The Kier molecular flexibility index (Phi) is 3.30. The zero-order chi connectivity index (χ0) is 12.5. The predicted octanol–water partition coefficient (Wildman–Crippen LogP) is 0.347. The Hall–Kier alpha value is -1.47. The number of hydrogen-bond acceptors (Lipinski definition) is 4. The van der Waals surface area contributed by atoms with E-state index in [0.717, 1.165) is 24.5 Å². The van der Waals surface area contributed by atoms with Crippen molar-refractivity contribution in [3.63, 3.8) is 0 Å². The summed E-state index contributed by atoms with van der Waals surface area (Å²) in [5.74, 6) is -2.78. The van der Waals surface area contributed by atoms with E-state index >= 15 is 0 Å². The summed E-state index contributed by atoms with van der Waals surface area (Å²) in [6.45, 7) is 0. The summed E-state index contributed by atoms with van der Waals surface area (Å²) in [4.78, 5) is 9.99. The van der Waals surface area contributed by atoms with Crippen molar-refractivity contribution in [3.8, 4) is 0 Å². The van der Waals surface area contributed by atoms with Crippen LogP contribution in [0.1, 0.15) is 11.7 Å². The van der Waals surface area contributed by atoms with E-state index in [4.69, 9.17) is 5.11 Å². The molecule has 0 aliphatic carbocycles. The molecule has 1 aromatic rings. The normalized spacial score (nSPS) is 13.4. The first-order valence-electron chi connectivity index (χ1n) is 4.14. The van der Waals surface area contributed by atoms with Gasteiger partial charge >= 0.3 is 5.97 Å². The number of sulfone groups is 1. The molecule has 0 amide bonds. The van der Waals surface area contributed by atoms with E-state index in [9.17, 15) is 22.7 Å². The van der Waals surface area contributed by atoms with Crippen LogP contribution in [0.4, 0.5) is 4.39 Å². The van der Waals surface area contributed by atoms with E-state index in [-0.39, 0.29) is 0 Å². The number of aliphatic hydroxyl groups is 1. The van der Waals surface area contributed by atoms with Gasteiger partial charge in [0.15, 0.2) is 15.9 Å². The second-order valence-corrected chi connectivity index (χ2v) is 5.15. The Labute approximate surface area is 91.1 Å². The van der Waals surface area contributed by atoms with Crippen molar-refractivity contribution in [2.24, 2.45) is 0 Å². The minimum absolute atomic E-state index is 0.526. The minimum atomic E-state index is -3.80. The van der Waals surface area contributed by atoms with Crippen LogP contribution in [0.3, 0.4) is 0 Å². The molecule has 7 heteroatoms. The van der Waals surface area contributed by atoms with Gasteiger partial charge in [-0.2, -0.15) is 0 Å². The highest BCUT2D eigenvalue weighted by Crippen LogP contribution is 2.25. The molecule has 1 rings (SSSR count). The van der Waals surface area contributed by atoms with Crippen molar-refractivity contribution in [2.75, 3.05) is 6.26 Å². The summed E-state index contributed by atoms with van der Waals surface area (Å²) in [6, 6.07) is 3.06. The first-order valence-corrected chi connectivity index (χ1v) is 6.03. The molecular formula is C9H9FO5S. The van der Waals surface area contributed by atoms with E-state index < -0.39 is 38.2 Å². The maximum absolute atomic E-state index is 13.3. The summed E-state index contributed by atoms with van der Waals surface area (Å²) in [6.07, 6.45) is -1.40. The molecule has 0 heterocycles. The Morgan fingerprint density at radius 1 is 1.44 bits per heavy atom. The Morgan fingerprint density at radius 3 is 2.44 bits per heavy atom. The van der Waals surface area contributed by atoms with Crippen molar-refractivity contribution in [1.29, 1.82) is 0 Å². The molecule has 2 N–H and O–H groups in total. The second-order valence-electron chi connectivity index (χ2n) is 3.16. The summed E-state index contributed by atoms with van der Waals surface area (Å²) >= 11 is 0. The largest absolute Gasteiger partial charge is 0.479 e. The molecule has 0 spiro atoms. The zero-order valence-electron chi connectivity index (χ0n) is 8.21. The summed E-state index contributed by atoms with van der Waals surface area (Å²) in [5, 5.41) is 17.8. The number of aliphatic carboxylic acids is 1. The predicted molar refractivity (Wildman–Crippen MR) is 52.1 cm³/mol. The standard InChI is InChI=1S/C9H9FO5S/c1-16(14,15)6-4-2-3-5(10)7(6)8(11)9(12)13/h2-4,8,11H,1H3,(H,12,13). The number of aliphatic hydroxyl groups excluding tert-OH is 1. The Bertz CT molecular complexity index is 523. The van der Waals surface area contributed by atoms with E-state index in [2.05, 4.69) is 0 Å². The molecule has 0 aromatic heterocycles. The summed E-state index contributed by atoms with van der Waals surface area (Å²) in [5.41, 5.74) is -0.738. The van der Waals surface area contributed by atoms with E-state index in [1.54, 1.807) is 0 Å². The Balaban J connectivity index is 3.53. The summed E-state index contributed by atoms with van der Waals surface area (Å²) < 4.78 is 35.8. The monoisotopic (exact) mass is 248 g/mol. The highest BCUT2D eigenvalue weighted by atomic mass is 32.2. The van der Waals surface area contributed by atoms with Crippen LogP contribution in [0.25, 0.3) is 0 Å². The Morgan fingerprint density at radius 2 is 2.00 bits per heavy atom. The molecule has 16 heavy (non-hydrogen) atoms. The van der Waals surface area contributed by atoms with Gasteiger partial charge in [-0.1, -0.05) is 6.07 Å². The van der Waals surface area contributed by atoms with Crippen molar-refractivity contribution >= 4 is 15.8 Å². The molecular weight excluding hydrogens is 239 g/mol. The first-order chi connectivity index (χ1) is 7.25. The smallest absolute Gasteiger partial charge is 0.337 e. The van der Waals surface area contributed by atoms with Gasteiger partial charge < -0.3 is 10.2 Å². The van der Waals surface area contributed by atoms with Gasteiger partial charge in [-0.15, -0.1) is 0 Å². The third-order valence-corrected chi connectivity index (χ3v) is 3.07. The number of hydrogen-bond donors (Lipinski definition) is 2. The average molecular weight is 248 g/mol. The SMILES string of the molecule is CS(=O)(=O)c1cccc(F)c1C(O)C(=O)O. The maximum atomic E-state index is 13.3. The van der Waals surface area contributed by atoms with Gasteiger partial charge in [-0.05, 0) is 12.1 Å². The maximum Gasteiger partial charge on any atom is 0.337 e. The number of benzene rings is 1. The first kappa shape index (κ1) is 12.6. The van der Waals surface area contributed by atoms with Gasteiger partial charge in [-0.25, -0.2) is 17.6 Å². The van der Waals surface area contributed by atoms with Crippen LogP contribution >= 0.6 is 0 Å². The van der Waals surface area contributed by atoms with Crippen LogP contribution in [0, 0.1) is 5.82 Å². The zero-order valence-corrected chi connectivity index (χ0v) is 9.03. The molecule has 0 aliphatic rings. The fourth-order valence-electron chi connectivity index (χ4n) is 1.23. The van der Waals surface area contributed by atoms with E-state index in [1.807, 2.05) is 0 Å². The molecule has 1 unspecified atom stereocenters.